The van der Waals surface area contributed by atoms with Gasteiger partial charge in [-0.2, -0.15) is 0 Å². The van der Waals surface area contributed by atoms with Crippen LogP contribution in [-0.4, -0.2) is 4.98 Å². The van der Waals surface area contributed by atoms with Crippen molar-refractivity contribution in [1.29, 1.82) is 0 Å². The number of nitrogens with one attached hydrogen (secondary N) is 1. The summed E-state index contributed by atoms with van der Waals surface area (Å²) in [6.45, 7) is 0.619. The lowest BCUT2D eigenvalue weighted by Crippen LogP contribution is -1.99. The van der Waals surface area contributed by atoms with E-state index in [1.54, 1.807) is 6.20 Å². The lowest BCUT2D eigenvalue weighted by Gasteiger charge is -2.06. The summed E-state index contributed by atoms with van der Waals surface area (Å²) in [7, 11) is 0. The van der Waals surface area contributed by atoms with Crippen LogP contribution in [0, 0.1) is 0 Å². The average molecular weight is 338 g/mol. The number of rotatable bonds is 3. The SMILES string of the molecule is Clc1cnc(CNc2cc(Br)ccc2Cl)s1. The maximum absolute atomic E-state index is 6.04. The summed E-state index contributed by atoms with van der Waals surface area (Å²) in [5, 5.41) is 4.83. The van der Waals surface area contributed by atoms with E-state index < -0.39 is 0 Å². The zero-order chi connectivity index (χ0) is 11.5. The van der Waals surface area contributed by atoms with Crippen molar-refractivity contribution < 1.29 is 0 Å². The predicted octanol–water partition coefficient (Wildman–Crippen LogP) is 4.82. The molecule has 6 heteroatoms. The molecule has 2 aromatic rings. The van der Waals surface area contributed by atoms with Crippen LogP contribution < -0.4 is 5.32 Å². The number of thiazole rings is 1. The number of aromatic nitrogens is 1. The molecule has 1 aromatic carbocycles. The Bertz CT molecular complexity index is 501. The molecule has 0 aliphatic heterocycles. The first-order valence-corrected chi connectivity index (χ1v) is 6.81. The first-order chi connectivity index (χ1) is 7.65. The monoisotopic (exact) mass is 336 g/mol. The molecule has 0 saturated carbocycles. The minimum atomic E-state index is 0.619. The van der Waals surface area contributed by atoms with Gasteiger partial charge in [0, 0.05) is 4.47 Å². The summed E-state index contributed by atoms with van der Waals surface area (Å²) in [6, 6.07) is 5.66. The molecular formula is C10H7BrCl2N2S. The third kappa shape index (κ3) is 3.10. The van der Waals surface area contributed by atoms with Crippen LogP contribution in [0.2, 0.25) is 9.36 Å². The summed E-state index contributed by atoms with van der Waals surface area (Å²) in [5.74, 6) is 0. The molecule has 16 heavy (non-hydrogen) atoms. The first kappa shape index (κ1) is 12.2. The van der Waals surface area contributed by atoms with Gasteiger partial charge in [0.25, 0.3) is 0 Å². The van der Waals surface area contributed by atoms with Gasteiger partial charge in [-0.25, -0.2) is 4.98 Å². The molecule has 0 bridgehead atoms. The Morgan fingerprint density at radius 1 is 1.38 bits per heavy atom. The van der Waals surface area contributed by atoms with Gasteiger partial charge in [-0.3, -0.25) is 0 Å². The highest BCUT2D eigenvalue weighted by Gasteiger charge is 2.03. The van der Waals surface area contributed by atoms with Crippen molar-refractivity contribution in [2.75, 3.05) is 5.32 Å². The molecule has 2 nitrogen and oxygen atoms in total. The van der Waals surface area contributed by atoms with Crippen molar-refractivity contribution >= 4 is 56.2 Å². The van der Waals surface area contributed by atoms with E-state index in [4.69, 9.17) is 23.2 Å². The van der Waals surface area contributed by atoms with Crippen molar-refractivity contribution in [3.05, 3.63) is 43.2 Å². The van der Waals surface area contributed by atoms with Gasteiger partial charge in [-0.15, -0.1) is 11.3 Å². The topological polar surface area (TPSA) is 24.9 Å². The van der Waals surface area contributed by atoms with Crippen molar-refractivity contribution in [2.24, 2.45) is 0 Å². The molecule has 0 spiro atoms. The molecule has 0 radical (unpaired) electrons. The van der Waals surface area contributed by atoms with Crippen LogP contribution in [0.5, 0.6) is 0 Å². The second-order valence-electron chi connectivity index (χ2n) is 3.04. The molecule has 0 aliphatic carbocycles. The summed E-state index contributed by atoms with van der Waals surface area (Å²) in [4.78, 5) is 4.15. The average Bonchev–Trinajstić information content (AvgIpc) is 2.66. The van der Waals surface area contributed by atoms with Crippen LogP contribution >= 0.6 is 50.5 Å². The van der Waals surface area contributed by atoms with Crippen LogP contribution in [0.1, 0.15) is 5.01 Å². The molecule has 2 rings (SSSR count). The van der Waals surface area contributed by atoms with Gasteiger partial charge in [-0.1, -0.05) is 39.1 Å². The van der Waals surface area contributed by atoms with Crippen molar-refractivity contribution in [1.82, 2.24) is 4.98 Å². The highest BCUT2D eigenvalue weighted by atomic mass is 79.9. The fourth-order valence-electron chi connectivity index (χ4n) is 1.17. The number of nitrogens with zero attached hydrogens (tertiary/aromatic N) is 1. The Kier molecular flexibility index (Phi) is 4.08. The minimum absolute atomic E-state index is 0.619. The minimum Gasteiger partial charge on any atom is -0.377 e. The fourth-order valence-corrected chi connectivity index (χ4v) is 2.62. The van der Waals surface area contributed by atoms with E-state index in [0.717, 1.165) is 15.2 Å². The quantitative estimate of drug-likeness (QED) is 0.868. The number of anilines is 1. The van der Waals surface area contributed by atoms with Crippen molar-refractivity contribution in [3.63, 3.8) is 0 Å². The van der Waals surface area contributed by atoms with Crippen LogP contribution in [-0.2, 0) is 6.54 Å². The number of hydrogen-bond donors (Lipinski definition) is 1. The van der Waals surface area contributed by atoms with Gasteiger partial charge < -0.3 is 5.32 Å². The predicted molar refractivity (Wildman–Crippen MR) is 73.6 cm³/mol. The van der Waals surface area contributed by atoms with E-state index >= 15 is 0 Å². The van der Waals surface area contributed by atoms with E-state index in [1.807, 2.05) is 18.2 Å². The van der Waals surface area contributed by atoms with Gasteiger partial charge in [-0.05, 0) is 18.2 Å². The second kappa shape index (κ2) is 5.36. The van der Waals surface area contributed by atoms with Gasteiger partial charge in [0.15, 0.2) is 0 Å². The Hall–Kier alpha value is -0.290. The van der Waals surface area contributed by atoms with Gasteiger partial charge in [0.05, 0.1) is 23.5 Å². The largest absolute Gasteiger partial charge is 0.377 e. The summed E-state index contributed by atoms with van der Waals surface area (Å²) in [5.41, 5.74) is 0.877. The zero-order valence-corrected chi connectivity index (χ0v) is 11.9. The lowest BCUT2D eigenvalue weighted by atomic mass is 10.3. The molecule has 0 fully saturated rings. The molecule has 0 saturated heterocycles. The van der Waals surface area contributed by atoms with Gasteiger partial charge >= 0.3 is 0 Å². The van der Waals surface area contributed by atoms with Gasteiger partial charge in [0.1, 0.15) is 9.34 Å². The van der Waals surface area contributed by atoms with Gasteiger partial charge in [0.2, 0.25) is 0 Å². The molecule has 0 amide bonds. The molecule has 1 heterocycles. The van der Waals surface area contributed by atoms with E-state index in [-0.39, 0.29) is 0 Å². The molecule has 0 aliphatic rings. The fraction of sp³-hybridized carbons (Fsp3) is 0.100. The molecule has 0 atom stereocenters. The van der Waals surface area contributed by atoms with E-state index in [2.05, 4.69) is 26.2 Å². The van der Waals surface area contributed by atoms with Crippen LogP contribution in [0.4, 0.5) is 5.69 Å². The Labute approximate surface area is 116 Å². The Balaban J connectivity index is 2.07. The molecule has 1 aromatic heterocycles. The van der Waals surface area contributed by atoms with Crippen LogP contribution in [0.15, 0.2) is 28.9 Å². The summed E-state index contributed by atoms with van der Waals surface area (Å²) in [6.07, 6.45) is 1.64. The highest BCUT2D eigenvalue weighted by Crippen LogP contribution is 2.27. The molecule has 1 N–H and O–H groups in total. The standard InChI is InChI=1S/C10H7BrCl2N2S/c11-6-1-2-7(12)8(3-6)14-5-10-15-4-9(13)16-10/h1-4,14H,5H2. The highest BCUT2D eigenvalue weighted by molar-refractivity contribution is 9.10. The second-order valence-corrected chi connectivity index (χ2v) is 6.11. The molecule has 84 valence electrons. The van der Waals surface area contributed by atoms with E-state index in [1.165, 1.54) is 11.3 Å². The zero-order valence-electron chi connectivity index (χ0n) is 8.01. The first-order valence-electron chi connectivity index (χ1n) is 4.44. The number of benzene rings is 1. The lowest BCUT2D eigenvalue weighted by molar-refractivity contribution is 1.10. The smallest absolute Gasteiger partial charge is 0.113 e. The van der Waals surface area contributed by atoms with Crippen LogP contribution in [0.25, 0.3) is 0 Å². The Morgan fingerprint density at radius 2 is 2.19 bits per heavy atom. The van der Waals surface area contributed by atoms with Crippen molar-refractivity contribution in [2.45, 2.75) is 6.54 Å². The molecule has 0 unspecified atom stereocenters. The Morgan fingerprint density at radius 3 is 2.88 bits per heavy atom. The van der Waals surface area contributed by atoms with Crippen LogP contribution in [0.3, 0.4) is 0 Å². The summed E-state index contributed by atoms with van der Waals surface area (Å²) >= 11 is 16.7. The maximum atomic E-state index is 6.04. The van der Waals surface area contributed by atoms with E-state index in [9.17, 15) is 0 Å². The third-order valence-electron chi connectivity index (χ3n) is 1.88. The number of hydrogen-bond acceptors (Lipinski definition) is 3. The van der Waals surface area contributed by atoms with E-state index in [0.29, 0.717) is 15.9 Å². The van der Waals surface area contributed by atoms with Crippen molar-refractivity contribution in [3.8, 4) is 0 Å². The normalized spacial score (nSPS) is 10.4. The number of halogens is 3. The summed E-state index contributed by atoms with van der Waals surface area (Å²) < 4.78 is 1.67. The maximum Gasteiger partial charge on any atom is 0.113 e. The third-order valence-corrected chi connectivity index (χ3v) is 3.82. The molecular weight excluding hydrogens is 331 g/mol.